The predicted molar refractivity (Wildman–Crippen MR) is 90.1 cm³/mol. The van der Waals surface area contributed by atoms with Crippen LogP contribution in [0.5, 0.6) is 5.75 Å². The molecule has 0 bridgehead atoms. The summed E-state index contributed by atoms with van der Waals surface area (Å²) in [5.41, 5.74) is 1.19. The third-order valence-corrected chi connectivity index (χ3v) is 3.86. The first-order valence-corrected chi connectivity index (χ1v) is 7.59. The molecule has 23 heavy (non-hydrogen) atoms. The zero-order chi connectivity index (χ0) is 16.4. The first-order chi connectivity index (χ1) is 11.1. The molecule has 1 atom stereocenters. The van der Waals surface area contributed by atoms with Gasteiger partial charge in [0.2, 0.25) is 0 Å². The van der Waals surface area contributed by atoms with E-state index in [0.717, 1.165) is 11.0 Å². The number of para-hydroxylation sites is 1. The Hall–Kier alpha value is -2.46. The van der Waals surface area contributed by atoms with Gasteiger partial charge in [-0.05, 0) is 37.3 Å². The van der Waals surface area contributed by atoms with Crippen molar-refractivity contribution in [1.29, 1.82) is 0 Å². The summed E-state index contributed by atoms with van der Waals surface area (Å²) in [7, 11) is 1.52. The first kappa shape index (κ1) is 15.4. The summed E-state index contributed by atoms with van der Waals surface area (Å²) in [6.07, 6.45) is 0. The van der Waals surface area contributed by atoms with Crippen molar-refractivity contribution in [3.8, 4) is 5.75 Å². The van der Waals surface area contributed by atoms with E-state index >= 15 is 0 Å². The maximum Gasteiger partial charge on any atom is 0.255 e. The van der Waals surface area contributed by atoms with Crippen LogP contribution in [0.2, 0.25) is 5.02 Å². The molecule has 0 saturated carbocycles. The molecular formula is C18H16ClNO3. The smallest absolute Gasteiger partial charge is 0.255 e. The number of amides is 1. The van der Waals surface area contributed by atoms with Crippen molar-refractivity contribution in [3.05, 3.63) is 64.9 Å². The highest BCUT2D eigenvalue weighted by Gasteiger charge is 2.18. The number of nitrogens with one attached hydrogen (secondary N) is 1. The van der Waals surface area contributed by atoms with Crippen LogP contribution < -0.4 is 10.1 Å². The fourth-order valence-corrected chi connectivity index (χ4v) is 2.59. The van der Waals surface area contributed by atoms with E-state index in [9.17, 15) is 4.79 Å². The average Bonchev–Trinajstić information content (AvgIpc) is 2.99. The predicted octanol–water partition coefficient (Wildman–Crippen LogP) is 4.59. The summed E-state index contributed by atoms with van der Waals surface area (Å²) in [5, 5.41) is 4.39. The van der Waals surface area contributed by atoms with Gasteiger partial charge in [0.25, 0.3) is 5.91 Å². The Morgan fingerprint density at radius 3 is 2.74 bits per heavy atom. The zero-order valence-corrected chi connectivity index (χ0v) is 13.6. The molecule has 1 aromatic heterocycles. The van der Waals surface area contributed by atoms with Crippen LogP contribution in [0, 0.1) is 0 Å². The molecule has 5 heteroatoms. The molecule has 1 N–H and O–H groups in total. The van der Waals surface area contributed by atoms with Crippen molar-refractivity contribution in [2.45, 2.75) is 13.0 Å². The topological polar surface area (TPSA) is 51.5 Å². The zero-order valence-electron chi connectivity index (χ0n) is 12.8. The van der Waals surface area contributed by atoms with Gasteiger partial charge in [-0.15, -0.1) is 0 Å². The monoisotopic (exact) mass is 329 g/mol. The molecule has 1 amide bonds. The second-order valence-electron chi connectivity index (χ2n) is 5.23. The van der Waals surface area contributed by atoms with Crippen molar-refractivity contribution in [1.82, 2.24) is 5.32 Å². The van der Waals surface area contributed by atoms with E-state index in [1.165, 1.54) is 7.11 Å². The number of carbonyl (C=O) groups is 1. The van der Waals surface area contributed by atoms with Crippen LogP contribution in [0.4, 0.5) is 0 Å². The van der Waals surface area contributed by atoms with Gasteiger partial charge in [0.1, 0.15) is 17.1 Å². The van der Waals surface area contributed by atoms with Crippen LogP contribution >= 0.6 is 11.6 Å². The Bertz CT molecular complexity index is 823. The minimum Gasteiger partial charge on any atom is -0.496 e. The van der Waals surface area contributed by atoms with Crippen molar-refractivity contribution in [3.63, 3.8) is 0 Å². The molecule has 0 aliphatic rings. The number of hydrogen-bond donors (Lipinski definition) is 1. The lowest BCUT2D eigenvalue weighted by Gasteiger charge is -2.13. The summed E-state index contributed by atoms with van der Waals surface area (Å²) in [4.78, 5) is 12.5. The van der Waals surface area contributed by atoms with Gasteiger partial charge in [-0.2, -0.15) is 0 Å². The van der Waals surface area contributed by atoms with Crippen molar-refractivity contribution >= 4 is 28.5 Å². The Balaban J connectivity index is 1.83. The lowest BCUT2D eigenvalue weighted by Crippen LogP contribution is -2.26. The number of rotatable bonds is 4. The summed E-state index contributed by atoms with van der Waals surface area (Å²) in [6, 6.07) is 14.3. The summed E-state index contributed by atoms with van der Waals surface area (Å²) in [6.45, 7) is 1.87. The Kier molecular flexibility index (Phi) is 4.26. The van der Waals surface area contributed by atoms with Crippen LogP contribution in [0.1, 0.15) is 29.1 Å². The minimum atomic E-state index is -0.279. The molecule has 118 valence electrons. The molecule has 0 fully saturated rings. The molecule has 3 rings (SSSR count). The van der Waals surface area contributed by atoms with Crippen LogP contribution in [0.15, 0.2) is 52.9 Å². The number of fused-ring (bicyclic) bond motifs is 1. The molecular weight excluding hydrogens is 314 g/mol. The van der Waals surface area contributed by atoms with Crippen LogP contribution in [0.25, 0.3) is 11.0 Å². The highest BCUT2D eigenvalue weighted by atomic mass is 35.5. The van der Waals surface area contributed by atoms with Gasteiger partial charge < -0.3 is 14.5 Å². The van der Waals surface area contributed by atoms with Gasteiger partial charge in [0.15, 0.2) is 0 Å². The quantitative estimate of drug-likeness (QED) is 0.762. The Labute approximate surface area is 139 Å². The Morgan fingerprint density at radius 2 is 2.00 bits per heavy atom. The molecule has 0 spiro atoms. The van der Waals surface area contributed by atoms with E-state index in [1.54, 1.807) is 18.2 Å². The number of ether oxygens (including phenoxy) is 1. The number of benzene rings is 2. The number of furan rings is 1. The highest BCUT2D eigenvalue weighted by molar-refractivity contribution is 6.31. The van der Waals surface area contributed by atoms with Gasteiger partial charge in [0, 0.05) is 10.4 Å². The molecule has 0 aliphatic heterocycles. The second kappa shape index (κ2) is 6.34. The summed E-state index contributed by atoms with van der Waals surface area (Å²) < 4.78 is 11.0. The van der Waals surface area contributed by atoms with E-state index in [0.29, 0.717) is 22.1 Å². The van der Waals surface area contributed by atoms with Gasteiger partial charge >= 0.3 is 0 Å². The minimum absolute atomic E-state index is 0.266. The fraction of sp³-hybridized carbons (Fsp3) is 0.167. The lowest BCUT2D eigenvalue weighted by molar-refractivity contribution is 0.0932. The van der Waals surface area contributed by atoms with Gasteiger partial charge in [-0.3, -0.25) is 4.79 Å². The van der Waals surface area contributed by atoms with Gasteiger partial charge in [0.05, 0.1) is 18.7 Å². The molecule has 0 radical (unpaired) electrons. The molecule has 1 heterocycles. The molecule has 0 saturated heterocycles. The number of halogens is 1. The average molecular weight is 330 g/mol. The summed E-state index contributed by atoms with van der Waals surface area (Å²) in [5.74, 6) is 0.904. The van der Waals surface area contributed by atoms with Crippen molar-refractivity contribution in [2.75, 3.05) is 7.11 Å². The van der Waals surface area contributed by atoms with Gasteiger partial charge in [-0.25, -0.2) is 0 Å². The normalized spacial score (nSPS) is 12.1. The molecule has 0 aliphatic carbocycles. The maximum absolute atomic E-state index is 12.5. The lowest BCUT2D eigenvalue weighted by atomic mass is 10.1. The number of carbonyl (C=O) groups excluding carboxylic acids is 1. The van der Waals surface area contributed by atoms with E-state index in [4.69, 9.17) is 20.8 Å². The summed E-state index contributed by atoms with van der Waals surface area (Å²) >= 11 is 5.97. The van der Waals surface area contributed by atoms with Crippen molar-refractivity contribution < 1.29 is 13.9 Å². The molecule has 3 aromatic rings. The Morgan fingerprint density at radius 1 is 1.22 bits per heavy atom. The fourth-order valence-electron chi connectivity index (χ4n) is 2.42. The third kappa shape index (κ3) is 3.17. The first-order valence-electron chi connectivity index (χ1n) is 7.21. The molecule has 1 unspecified atom stereocenters. The van der Waals surface area contributed by atoms with E-state index < -0.39 is 0 Å². The largest absolute Gasteiger partial charge is 0.496 e. The van der Waals surface area contributed by atoms with Crippen LogP contribution in [-0.4, -0.2) is 13.0 Å². The standard InChI is InChI=1S/C18H16ClNO3/c1-11(17-9-12-5-3-4-6-15(12)23-17)20-18(21)14-10-13(19)7-8-16(14)22-2/h3-11H,1-2H3,(H,20,21). The van der Waals surface area contributed by atoms with Crippen LogP contribution in [-0.2, 0) is 0 Å². The van der Waals surface area contributed by atoms with E-state index in [1.807, 2.05) is 37.3 Å². The number of hydrogen-bond acceptors (Lipinski definition) is 3. The van der Waals surface area contributed by atoms with E-state index in [-0.39, 0.29) is 11.9 Å². The van der Waals surface area contributed by atoms with Crippen molar-refractivity contribution in [2.24, 2.45) is 0 Å². The van der Waals surface area contributed by atoms with Crippen LogP contribution in [0.3, 0.4) is 0 Å². The molecule has 4 nitrogen and oxygen atoms in total. The SMILES string of the molecule is COc1ccc(Cl)cc1C(=O)NC(C)c1cc2ccccc2o1. The molecule has 2 aromatic carbocycles. The highest BCUT2D eigenvalue weighted by Crippen LogP contribution is 2.26. The second-order valence-corrected chi connectivity index (χ2v) is 5.66. The van der Waals surface area contributed by atoms with E-state index in [2.05, 4.69) is 5.32 Å². The van der Waals surface area contributed by atoms with Gasteiger partial charge in [-0.1, -0.05) is 29.8 Å². The third-order valence-electron chi connectivity index (χ3n) is 3.63. The maximum atomic E-state index is 12.5. The number of methoxy groups -OCH3 is 1.